The molecule has 1 fully saturated rings. The lowest BCUT2D eigenvalue weighted by molar-refractivity contribution is 0.362. The predicted octanol–water partition coefficient (Wildman–Crippen LogP) is 4.93. The zero-order chi connectivity index (χ0) is 17.5. The molecule has 0 saturated heterocycles. The maximum absolute atomic E-state index is 5.58. The van der Waals surface area contributed by atoms with Crippen molar-refractivity contribution >= 4 is 23.0 Å². The molecule has 1 aliphatic rings. The van der Waals surface area contributed by atoms with Gasteiger partial charge in [-0.2, -0.15) is 0 Å². The van der Waals surface area contributed by atoms with Gasteiger partial charge in [0.05, 0.1) is 7.11 Å². The van der Waals surface area contributed by atoms with Crippen molar-refractivity contribution < 1.29 is 4.74 Å². The van der Waals surface area contributed by atoms with Gasteiger partial charge in [0.15, 0.2) is 5.11 Å². The second kappa shape index (κ2) is 8.34. The number of anilines is 1. The fourth-order valence-corrected chi connectivity index (χ4v) is 3.93. The van der Waals surface area contributed by atoms with Crippen LogP contribution < -0.4 is 15.4 Å². The van der Waals surface area contributed by atoms with Crippen LogP contribution in [0.25, 0.3) is 0 Å². The van der Waals surface area contributed by atoms with Gasteiger partial charge < -0.3 is 15.4 Å². The number of nitrogens with one attached hydrogen (secondary N) is 2. The molecule has 25 heavy (non-hydrogen) atoms. The van der Waals surface area contributed by atoms with Gasteiger partial charge in [0.25, 0.3) is 0 Å². The summed E-state index contributed by atoms with van der Waals surface area (Å²) in [5.74, 6) is 0.847. The molecule has 0 unspecified atom stereocenters. The molecule has 3 nitrogen and oxygen atoms in total. The molecule has 0 heterocycles. The first-order valence-corrected chi connectivity index (χ1v) is 9.37. The standard InChI is InChI=1S/C21H26N2OS/c1-24-19-11-9-18(10-12-19)22-20(25)23-21(14-5-6-15-21)16-13-17-7-3-2-4-8-17/h2-4,7-12H,5-6,13-16H2,1H3,(H2,22,23,25). The first-order chi connectivity index (χ1) is 12.2. The van der Waals surface area contributed by atoms with E-state index in [-0.39, 0.29) is 5.54 Å². The van der Waals surface area contributed by atoms with Crippen molar-refractivity contribution in [3.8, 4) is 5.75 Å². The SMILES string of the molecule is COc1ccc(NC(=S)NC2(CCc3ccccc3)CCCC2)cc1. The largest absolute Gasteiger partial charge is 0.497 e. The number of benzene rings is 2. The van der Waals surface area contributed by atoms with Crippen LogP contribution in [0.2, 0.25) is 0 Å². The number of thiocarbonyl (C=S) groups is 1. The Morgan fingerprint density at radius 1 is 1.04 bits per heavy atom. The van der Waals surface area contributed by atoms with Gasteiger partial charge in [-0.25, -0.2) is 0 Å². The van der Waals surface area contributed by atoms with Crippen molar-refractivity contribution in [2.24, 2.45) is 0 Å². The summed E-state index contributed by atoms with van der Waals surface area (Å²) >= 11 is 5.58. The molecule has 0 aromatic heterocycles. The van der Waals surface area contributed by atoms with E-state index in [2.05, 4.69) is 41.0 Å². The van der Waals surface area contributed by atoms with E-state index in [0.717, 1.165) is 24.3 Å². The van der Waals surface area contributed by atoms with E-state index in [1.54, 1.807) is 7.11 Å². The highest BCUT2D eigenvalue weighted by Crippen LogP contribution is 2.34. The van der Waals surface area contributed by atoms with E-state index in [1.807, 2.05) is 24.3 Å². The Balaban J connectivity index is 1.59. The lowest BCUT2D eigenvalue weighted by Gasteiger charge is -2.32. The maximum Gasteiger partial charge on any atom is 0.171 e. The molecule has 0 bridgehead atoms. The summed E-state index contributed by atoms with van der Waals surface area (Å²) < 4.78 is 5.20. The van der Waals surface area contributed by atoms with E-state index in [1.165, 1.54) is 31.2 Å². The molecule has 4 heteroatoms. The van der Waals surface area contributed by atoms with Crippen LogP contribution >= 0.6 is 12.2 Å². The Hall–Kier alpha value is -2.07. The van der Waals surface area contributed by atoms with Crippen LogP contribution in [0.5, 0.6) is 5.75 Å². The van der Waals surface area contributed by atoms with E-state index in [9.17, 15) is 0 Å². The molecule has 0 atom stereocenters. The summed E-state index contributed by atoms with van der Waals surface area (Å²) in [5.41, 5.74) is 2.49. The van der Waals surface area contributed by atoms with Crippen molar-refractivity contribution in [3.05, 3.63) is 60.2 Å². The average Bonchev–Trinajstić information content (AvgIpc) is 3.10. The third-order valence-electron chi connectivity index (χ3n) is 5.02. The minimum Gasteiger partial charge on any atom is -0.497 e. The molecule has 0 spiro atoms. The van der Waals surface area contributed by atoms with Gasteiger partial charge in [-0.05, 0) is 67.7 Å². The summed E-state index contributed by atoms with van der Waals surface area (Å²) in [6.07, 6.45) is 7.11. The Labute approximate surface area is 155 Å². The van der Waals surface area contributed by atoms with Gasteiger partial charge in [-0.15, -0.1) is 0 Å². The highest BCUT2D eigenvalue weighted by atomic mass is 32.1. The molecule has 0 amide bonds. The highest BCUT2D eigenvalue weighted by Gasteiger charge is 2.33. The van der Waals surface area contributed by atoms with Gasteiger partial charge in [0.2, 0.25) is 0 Å². The van der Waals surface area contributed by atoms with Crippen LogP contribution in [0.1, 0.15) is 37.7 Å². The van der Waals surface area contributed by atoms with Crippen LogP contribution in [-0.2, 0) is 6.42 Å². The molecule has 2 aromatic rings. The number of methoxy groups -OCH3 is 1. The number of hydrogen-bond donors (Lipinski definition) is 2. The average molecular weight is 355 g/mol. The number of aryl methyl sites for hydroxylation is 1. The van der Waals surface area contributed by atoms with Gasteiger partial charge in [-0.1, -0.05) is 43.2 Å². The fraction of sp³-hybridized carbons (Fsp3) is 0.381. The van der Waals surface area contributed by atoms with E-state index >= 15 is 0 Å². The van der Waals surface area contributed by atoms with Gasteiger partial charge in [-0.3, -0.25) is 0 Å². The molecule has 1 aliphatic carbocycles. The van der Waals surface area contributed by atoms with E-state index < -0.39 is 0 Å². The summed E-state index contributed by atoms with van der Waals surface area (Å²) in [5, 5.41) is 7.65. The van der Waals surface area contributed by atoms with Gasteiger partial charge in [0.1, 0.15) is 5.75 Å². The Bertz CT molecular complexity index is 679. The van der Waals surface area contributed by atoms with Crippen LogP contribution in [0.4, 0.5) is 5.69 Å². The summed E-state index contributed by atoms with van der Waals surface area (Å²) in [7, 11) is 1.67. The quantitative estimate of drug-likeness (QED) is 0.721. The van der Waals surface area contributed by atoms with Crippen molar-refractivity contribution in [3.63, 3.8) is 0 Å². The molecule has 1 saturated carbocycles. The molecule has 132 valence electrons. The molecule has 3 rings (SSSR count). The molecule has 0 aliphatic heterocycles. The molecule has 0 radical (unpaired) electrons. The summed E-state index contributed by atoms with van der Waals surface area (Å²) in [4.78, 5) is 0. The molecular weight excluding hydrogens is 328 g/mol. The third-order valence-corrected chi connectivity index (χ3v) is 5.23. The lowest BCUT2D eigenvalue weighted by atomic mass is 9.89. The van der Waals surface area contributed by atoms with Crippen LogP contribution in [0.15, 0.2) is 54.6 Å². The van der Waals surface area contributed by atoms with Crippen LogP contribution in [0.3, 0.4) is 0 Å². The van der Waals surface area contributed by atoms with E-state index in [0.29, 0.717) is 5.11 Å². The lowest BCUT2D eigenvalue weighted by Crippen LogP contribution is -2.48. The number of rotatable bonds is 6. The Morgan fingerprint density at radius 3 is 2.36 bits per heavy atom. The predicted molar refractivity (Wildman–Crippen MR) is 108 cm³/mol. The molecular formula is C21H26N2OS. The zero-order valence-corrected chi connectivity index (χ0v) is 15.6. The highest BCUT2D eigenvalue weighted by molar-refractivity contribution is 7.80. The minimum atomic E-state index is 0.117. The number of hydrogen-bond acceptors (Lipinski definition) is 2. The van der Waals surface area contributed by atoms with E-state index in [4.69, 9.17) is 17.0 Å². The van der Waals surface area contributed by atoms with Crippen molar-refractivity contribution in [2.45, 2.75) is 44.1 Å². The first kappa shape index (κ1) is 17.7. The third kappa shape index (κ3) is 4.95. The Kier molecular flexibility index (Phi) is 5.92. The number of ether oxygens (including phenoxy) is 1. The normalized spacial score (nSPS) is 15.6. The first-order valence-electron chi connectivity index (χ1n) is 8.96. The minimum absolute atomic E-state index is 0.117. The van der Waals surface area contributed by atoms with Crippen molar-refractivity contribution in [2.75, 3.05) is 12.4 Å². The van der Waals surface area contributed by atoms with Crippen molar-refractivity contribution in [1.82, 2.24) is 5.32 Å². The summed E-state index contributed by atoms with van der Waals surface area (Å²) in [6.45, 7) is 0. The van der Waals surface area contributed by atoms with Gasteiger partial charge >= 0.3 is 0 Å². The second-order valence-electron chi connectivity index (χ2n) is 6.78. The Morgan fingerprint density at radius 2 is 1.72 bits per heavy atom. The van der Waals surface area contributed by atoms with Crippen molar-refractivity contribution in [1.29, 1.82) is 0 Å². The molecule has 2 N–H and O–H groups in total. The fourth-order valence-electron chi connectivity index (χ4n) is 3.60. The topological polar surface area (TPSA) is 33.3 Å². The van der Waals surface area contributed by atoms with Gasteiger partial charge in [0, 0.05) is 11.2 Å². The van der Waals surface area contributed by atoms with Crippen LogP contribution in [0, 0.1) is 0 Å². The maximum atomic E-state index is 5.58. The zero-order valence-electron chi connectivity index (χ0n) is 14.8. The second-order valence-corrected chi connectivity index (χ2v) is 7.19. The molecule has 2 aromatic carbocycles. The summed E-state index contributed by atoms with van der Waals surface area (Å²) in [6, 6.07) is 18.5. The monoisotopic (exact) mass is 354 g/mol. The smallest absolute Gasteiger partial charge is 0.171 e. The van der Waals surface area contributed by atoms with Crippen LogP contribution in [-0.4, -0.2) is 17.8 Å².